The van der Waals surface area contributed by atoms with E-state index in [2.05, 4.69) is 20.7 Å². The van der Waals surface area contributed by atoms with Crippen LogP contribution in [0.4, 0.5) is 39.3 Å². The van der Waals surface area contributed by atoms with Crippen molar-refractivity contribution in [2.24, 2.45) is 0 Å². The van der Waals surface area contributed by atoms with Crippen LogP contribution in [0.2, 0.25) is 0 Å². The summed E-state index contributed by atoms with van der Waals surface area (Å²) in [6.45, 7) is -0.0158. The average molecular weight is 651 g/mol. The van der Waals surface area contributed by atoms with E-state index in [1.807, 2.05) is 12.1 Å². The quantitative estimate of drug-likeness (QED) is 0.171. The normalized spacial score (nSPS) is 14.0. The molecule has 242 valence electrons. The van der Waals surface area contributed by atoms with Crippen LogP contribution in [0.15, 0.2) is 85.1 Å². The van der Waals surface area contributed by atoms with Gasteiger partial charge in [-0.25, -0.2) is 13.3 Å². The first-order valence-corrected chi connectivity index (χ1v) is 14.5. The minimum Gasteiger partial charge on any atom is -0.482 e. The number of amides is 2. The van der Waals surface area contributed by atoms with Crippen LogP contribution in [-0.4, -0.2) is 63.4 Å². The number of hydrogen-bond donors (Lipinski definition) is 2. The number of benzene rings is 3. The van der Waals surface area contributed by atoms with Gasteiger partial charge in [-0.1, -0.05) is 24.3 Å². The van der Waals surface area contributed by atoms with Gasteiger partial charge in [0.1, 0.15) is 17.7 Å². The Morgan fingerprint density at radius 3 is 2.38 bits per heavy atom. The highest BCUT2D eigenvalue weighted by molar-refractivity contribution is 5.96. The number of carbonyl (C=O) groups is 2. The largest absolute Gasteiger partial charge is 0.482 e. The molecule has 5 aromatic rings. The van der Waals surface area contributed by atoms with Crippen LogP contribution in [0.3, 0.4) is 0 Å². The van der Waals surface area contributed by atoms with Crippen molar-refractivity contribution in [1.82, 2.24) is 19.5 Å². The smallest absolute Gasteiger partial charge is 0.422 e. The Balaban J connectivity index is 1.16. The van der Waals surface area contributed by atoms with Crippen LogP contribution >= 0.6 is 0 Å². The predicted molar refractivity (Wildman–Crippen MR) is 164 cm³/mol. The minimum atomic E-state index is -4.62. The first-order chi connectivity index (χ1) is 22.4. The molecule has 1 fully saturated rings. The highest BCUT2D eigenvalue weighted by Crippen LogP contribution is 2.32. The summed E-state index contributed by atoms with van der Waals surface area (Å²) < 4.78 is 71.9. The number of ether oxygens (including phenoxy) is 1. The maximum atomic E-state index is 13.2. The third-order valence-corrected chi connectivity index (χ3v) is 7.58. The molecule has 47 heavy (non-hydrogen) atoms. The zero-order valence-corrected chi connectivity index (χ0v) is 24.8. The zero-order valence-electron chi connectivity index (χ0n) is 24.8. The van der Waals surface area contributed by atoms with Crippen molar-refractivity contribution >= 4 is 34.8 Å². The molecule has 1 aliphatic rings. The lowest BCUT2D eigenvalue weighted by Crippen LogP contribution is -2.51. The van der Waals surface area contributed by atoms with Gasteiger partial charge in [0, 0.05) is 17.4 Å². The molecule has 0 radical (unpaired) electrons. The average Bonchev–Trinajstić information content (AvgIpc) is 3.44. The number of nitrogens with zero attached hydrogens (tertiary/aromatic N) is 4. The van der Waals surface area contributed by atoms with E-state index in [9.17, 15) is 31.5 Å². The minimum absolute atomic E-state index is 0.0557. The lowest BCUT2D eigenvalue weighted by Gasteiger charge is -2.34. The standard InChI is InChI=1S/C33H27F5N6O3/c1-19(20-2-7-24(34)8-3-20)30(45)39-26-9-4-21(5-10-26)22-12-13-44-29(15-22)41-32(42-44)40-27-11-6-23(31(46)43-16-25(35)17-43)14-28(27)47-18-33(36,37)38/h2-15,19,25H,16-18H2,1H3,(H,39,45)(H,40,42). The van der Waals surface area contributed by atoms with Gasteiger partial charge in [-0.05, 0) is 78.2 Å². The zero-order chi connectivity index (χ0) is 33.3. The molecule has 1 saturated heterocycles. The Bertz CT molecular complexity index is 1920. The van der Waals surface area contributed by atoms with E-state index in [1.54, 1.807) is 49.5 Å². The monoisotopic (exact) mass is 650 g/mol. The van der Waals surface area contributed by atoms with E-state index in [4.69, 9.17) is 4.74 Å². The predicted octanol–water partition coefficient (Wildman–Crippen LogP) is 6.76. The summed E-state index contributed by atoms with van der Waals surface area (Å²) in [5.41, 5.74) is 3.45. The Labute approximate surface area is 265 Å². The van der Waals surface area contributed by atoms with E-state index in [1.165, 1.54) is 39.7 Å². The number of rotatable bonds is 9. The van der Waals surface area contributed by atoms with Crippen LogP contribution < -0.4 is 15.4 Å². The van der Waals surface area contributed by atoms with Crippen LogP contribution in [-0.2, 0) is 4.79 Å². The van der Waals surface area contributed by atoms with Crippen molar-refractivity contribution in [3.8, 4) is 16.9 Å². The maximum absolute atomic E-state index is 13.2. The highest BCUT2D eigenvalue weighted by atomic mass is 19.4. The van der Waals surface area contributed by atoms with E-state index in [0.717, 1.165) is 11.1 Å². The fourth-order valence-corrected chi connectivity index (χ4v) is 4.94. The number of pyridine rings is 1. The SMILES string of the molecule is CC(C(=O)Nc1ccc(-c2ccn3nc(Nc4ccc(C(=O)N5CC(F)C5)cc4OCC(F)(F)F)nc3c2)cc1)c1ccc(F)cc1. The Morgan fingerprint density at radius 1 is 0.979 bits per heavy atom. The van der Waals surface area contributed by atoms with Crippen LogP contribution in [0.5, 0.6) is 5.75 Å². The molecule has 2 N–H and O–H groups in total. The fourth-order valence-electron chi connectivity index (χ4n) is 4.94. The highest BCUT2D eigenvalue weighted by Gasteiger charge is 2.32. The van der Waals surface area contributed by atoms with Gasteiger partial charge in [0.05, 0.1) is 24.7 Å². The number of aromatic nitrogens is 3. The molecule has 0 spiro atoms. The third kappa shape index (κ3) is 7.32. The Morgan fingerprint density at radius 2 is 1.70 bits per heavy atom. The number of fused-ring (bicyclic) bond motifs is 1. The molecule has 0 saturated carbocycles. The van der Waals surface area contributed by atoms with E-state index >= 15 is 0 Å². The van der Waals surface area contributed by atoms with Gasteiger partial charge in [0.15, 0.2) is 12.3 Å². The van der Waals surface area contributed by atoms with Crippen molar-refractivity contribution in [3.63, 3.8) is 0 Å². The summed E-state index contributed by atoms with van der Waals surface area (Å²) in [5, 5.41) is 10.0. The van der Waals surface area contributed by atoms with Crippen molar-refractivity contribution in [2.45, 2.75) is 25.2 Å². The first-order valence-electron chi connectivity index (χ1n) is 14.5. The van der Waals surface area contributed by atoms with Crippen molar-refractivity contribution in [1.29, 1.82) is 0 Å². The Hall–Kier alpha value is -5.53. The van der Waals surface area contributed by atoms with E-state index in [-0.39, 0.29) is 47.8 Å². The number of likely N-dealkylation sites (tertiary alicyclic amines) is 1. The van der Waals surface area contributed by atoms with Crippen molar-refractivity contribution < 1.29 is 36.3 Å². The molecule has 14 heteroatoms. The summed E-state index contributed by atoms with van der Waals surface area (Å²) >= 11 is 0. The van der Waals surface area contributed by atoms with Gasteiger partial charge < -0.3 is 20.3 Å². The molecule has 0 aliphatic carbocycles. The Kier molecular flexibility index (Phi) is 8.50. The summed E-state index contributed by atoms with van der Waals surface area (Å²) in [6.07, 6.45) is -4.09. The van der Waals surface area contributed by atoms with Gasteiger partial charge in [0.25, 0.3) is 5.91 Å². The summed E-state index contributed by atoms with van der Waals surface area (Å²) in [4.78, 5) is 31.0. The topological polar surface area (TPSA) is 101 Å². The number of hydrogen-bond acceptors (Lipinski definition) is 6. The molecule has 0 bridgehead atoms. The molecule has 6 rings (SSSR count). The van der Waals surface area contributed by atoms with Crippen LogP contribution in [0, 0.1) is 5.82 Å². The van der Waals surface area contributed by atoms with Gasteiger partial charge in [-0.2, -0.15) is 18.2 Å². The van der Waals surface area contributed by atoms with Gasteiger partial charge in [0.2, 0.25) is 11.9 Å². The van der Waals surface area contributed by atoms with Crippen LogP contribution in [0.1, 0.15) is 28.8 Å². The van der Waals surface area contributed by atoms with Crippen molar-refractivity contribution in [3.05, 3.63) is 102 Å². The lowest BCUT2D eigenvalue weighted by molar-refractivity contribution is -0.153. The summed E-state index contributed by atoms with van der Waals surface area (Å²) in [5.74, 6) is -1.81. The molecule has 2 amide bonds. The molecular weight excluding hydrogens is 623 g/mol. The maximum Gasteiger partial charge on any atom is 0.422 e. The second-order valence-electron chi connectivity index (χ2n) is 11.0. The number of nitrogens with one attached hydrogen (secondary N) is 2. The van der Waals surface area contributed by atoms with Gasteiger partial charge >= 0.3 is 6.18 Å². The number of halogens is 5. The van der Waals surface area contributed by atoms with Gasteiger partial charge in [-0.3, -0.25) is 9.59 Å². The molecular formula is C33H27F5N6O3. The number of anilines is 3. The molecule has 1 atom stereocenters. The first kappa shape index (κ1) is 31.5. The molecule has 3 aromatic carbocycles. The lowest BCUT2D eigenvalue weighted by atomic mass is 10.00. The second kappa shape index (κ2) is 12.7. The molecule has 2 aromatic heterocycles. The molecule has 3 heterocycles. The van der Waals surface area contributed by atoms with Gasteiger partial charge in [-0.15, -0.1) is 5.10 Å². The van der Waals surface area contributed by atoms with E-state index in [0.29, 0.717) is 16.9 Å². The molecule has 1 aliphatic heterocycles. The summed E-state index contributed by atoms with van der Waals surface area (Å²) in [7, 11) is 0. The fraction of sp³-hybridized carbons (Fsp3) is 0.212. The second-order valence-corrected chi connectivity index (χ2v) is 11.0. The van der Waals surface area contributed by atoms with E-state index < -0.39 is 30.8 Å². The van der Waals surface area contributed by atoms with Crippen molar-refractivity contribution in [2.75, 3.05) is 30.3 Å². The molecule has 1 unspecified atom stereocenters. The molecule has 9 nitrogen and oxygen atoms in total. The third-order valence-electron chi connectivity index (χ3n) is 7.58. The summed E-state index contributed by atoms with van der Waals surface area (Å²) in [6, 6.07) is 20.4. The number of alkyl halides is 4. The number of carbonyl (C=O) groups excluding carboxylic acids is 2. The van der Waals surface area contributed by atoms with Crippen LogP contribution in [0.25, 0.3) is 16.8 Å².